The van der Waals surface area contributed by atoms with E-state index in [4.69, 9.17) is 18.9 Å². The minimum Gasteiger partial charge on any atom is -0.461 e. The molecule has 0 radical (unpaired) electrons. The Hall–Kier alpha value is -6.14. The number of ether oxygens (including phenoxy) is 4. The van der Waals surface area contributed by atoms with Crippen molar-refractivity contribution in [3.05, 3.63) is 154 Å². The first-order chi connectivity index (χ1) is 29.4. The molecule has 2 heterocycles. The number of nitrogens with zero attached hydrogens (tertiary/aromatic N) is 1. The van der Waals surface area contributed by atoms with E-state index in [1.54, 1.807) is 23.1 Å². The van der Waals surface area contributed by atoms with E-state index in [1.165, 1.54) is 38.5 Å². The summed E-state index contributed by atoms with van der Waals surface area (Å²) in [4.78, 5) is 47.6. The zero-order valence-corrected chi connectivity index (χ0v) is 34.7. The van der Waals surface area contributed by atoms with Crippen molar-refractivity contribution in [1.82, 2.24) is 10.2 Å². The van der Waals surface area contributed by atoms with Crippen molar-refractivity contribution in [2.24, 2.45) is 0 Å². The number of hydrogen-bond acceptors (Lipinski definition) is 9. The number of esters is 3. The molecule has 0 bridgehead atoms. The lowest BCUT2D eigenvalue weighted by Gasteiger charge is -2.28. The Morgan fingerprint density at radius 2 is 1.16 bits per heavy atom. The van der Waals surface area contributed by atoms with E-state index < -0.39 is 12.2 Å². The molecule has 4 atom stereocenters. The quantitative estimate of drug-likeness (QED) is 0.124. The third kappa shape index (κ3) is 12.7. The van der Waals surface area contributed by atoms with Gasteiger partial charge >= 0.3 is 24.0 Å². The van der Waals surface area contributed by atoms with Gasteiger partial charge in [-0.05, 0) is 107 Å². The fourth-order valence-corrected chi connectivity index (χ4v) is 8.13. The lowest BCUT2D eigenvalue weighted by Crippen LogP contribution is -2.41. The molecule has 0 unspecified atom stereocenters. The highest BCUT2D eigenvalue weighted by molar-refractivity contribution is 5.76. The first-order valence-electron chi connectivity index (χ1n) is 20.6. The standard InChI is InChI=1S/C24H24FNO4.C16H18FNO2.C9H10O2/c1-16(27)30-23-11-12-26(24(28)29-15-17-5-3-2-4-6-17)22(23)14-19-8-7-18-13-20(25)9-10-21(18)19;1-10(19)20-16-6-7-18-15(16)9-12-3-2-11-8-13(17)4-5-14(11)12;1-8(10)11-7-9-5-3-2-4-6-9/h2-6,8-10,13,22-23H,7,11-12,14-15H2,1H3;3-5,8,15-16,18H,2,6-7,9H2,1H3;2-6H,7H2,1H3/t22-,23+;15-,16+;/m11./s1. The molecular weight excluding hydrogens is 783 g/mol. The Bertz CT molecular complexity index is 2230. The van der Waals surface area contributed by atoms with Crippen molar-refractivity contribution in [2.45, 2.75) is 96.8 Å². The molecule has 0 aromatic heterocycles. The highest BCUT2D eigenvalue weighted by Crippen LogP contribution is 2.36. The van der Waals surface area contributed by atoms with Gasteiger partial charge in [0, 0.05) is 39.8 Å². The summed E-state index contributed by atoms with van der Waals surface area (Å²) >= 11 is 0. The number of benzene rings is 4. The van der Waals surface area contributed by atoms with Gasteiger partial charge in [0.05, 0.1) is 6.04 Å². The van der Waals surface area contributed by atoms with Gasteiger partial charge in [-0.25, -0.2) is 13.6 Å². The largest absolute Gasteiger partial charge is 0.461 e. The van der Waals surface area contributed by atoms with Crippen LogP contribution in [0.2, 0.25) is 0 Å². The van der Waals surface area contributed by atoms with E-state index >= 15 is 0 Å². The number of carbonyl (C=O) groups is 4. The number of fused-ring (bicyclic) bond motifs is 2. The molecule has 2 fully saturated rings. The Morgan fingerprint density at radius 1 is 0.639 bits per heavy atom. The number of allylic oxidation sites excluding steroid dienone is 2. The molecular formula is C49H52F2N2O8. The van der Waals surface area contributed by atoms with E-state index in [-0.39, 0.29) is 54.3 Å². The number of rotatable bonds is 10. The van der Waals surface area contributed by atoms with Crippen LogP contribution in [0.1, 0.15) is 79.8 Å². The van der Waals surface area contributed by atoms with Crippen LogP contribution in [0.5, 0.6) is 0 Å². The summed E-state index contributed by atoms with van der Waals surface area (Å²) in [5.74, 6) is -1.28. The average Bonchev–Trinajstić information content (AvgIpc) is 4.05. The first kappa shape index (κ1) is 44.4. The predicted molar refractivity (Wildman–Crippen MR) is 227 cm³/mol. The minimum atomic E-state index is -0.420. The second-order valence-electron chi connectivity index (χ2n) is 15.4. The highest BCUT2D eigenvalue weighted by Gasteiger charge is 2.41. The zero-order chi connectivity index (χ0) is 43.3. The average molecular weight is 835 g/mol. The topological polar surface area (TPSA) is 120 Å². The monoisotopic (exact) mass is 834 g/mol. The first-order valence-corrected chi connectivity index (χ1v) is 20.6. The van der Waals surface area contributed by atoms with Crippen LogP contribution in [0.25, 0.3) is 11.1 Å². The molecule has 0 spiro atoms. The van der Waals surface area contributed by atoms with Gasteiger partial charge in [0.1, 0.15) is 37.1 Å². The van der Waals surface area contributed by atoms with Crippen LogP contribution < -0.4 is 5.32 Å². The van der Waals surface area contributed by atoms with Gasteiger partial charge in [0.2, 0.25) is 0 Å². The van der Waals surface area contributed by atoms with Crippen LogP contribution in [0.4, 0.5) is 13.6 Å². The predicted octanol–water partition coefficient (Wildman–Crippen LogP) is 8.70. The molecule has 2 saturated heterocycles. The van der Waals surface area contributed by atoms with E-state index in [1.807, 2.05) is 66.7 Å². The number of halogens is 2. The fraction of sp³-hybridized carbons (Fsp3) is 0.347. The summed E-state index contributed by atoms with van der Waals surface area (Å²) in [7, 11) is 0. The van der Waals surface area contributed by atoms with Gasteiger partial charge in [-0.15, -0.1) is 0 Å². The SMILES string of the molecule is CC(=O)OCc1ccccc1.CC(=O)O[C@H]1CCN(C(=O)OCc2ccccc2)[C@@H]1CC1=CCc2cc(F)ccc21.CC(=O)O[C@H]1CCN[C@@H]1CC1=CCc2cc(F)ccc21. The van der Waals surface area contributed by atoms with Crippen LogP contribution >= 0.6 is 0 Å². The van der Waals surface area contributed by atoms with Crippen LogP contribution in [-0.2, 0) is 59.4 Å². The maximum Gasteiger partial charge on any atom is 0.410 e. The summed E-state index contributed by atoms with van der Waals surface area (Å²) in [6, 6.07) is 28.6. The van der Waals surface area contributed by atoms with E-state index in [0.717, 1.165) is 64.8 Å². The van der Waals surface area contributed by atoms with E-state index in [2.05, 4.69) is 17.5 Å². The Labute approximate surface area is 355 Å². The molecule has 0 saturated carbocycles. The lowest BCUT2D eigenvalue weighted by molar-refractivity contribution is -0.148. The Kier molecular flexibility index (Phi) is 15.6. The summed E-state index contributed by atoms with van der Waals surface area (Å²) in [6.45, 7) is 6.11. The van der Waals surface area contributed by atoms with Crippen molar-refractivity contribution in [1.29, 1.82) is 0 Å². The fourth-order valence-electron chi connectivity index (χ4n) is 8.13. The molecule has 1 amide bonds. The van der Waals surface area contributed by atoms with Crippen molar-refractivity contribution >= 4 is 35.1 Å². The molecule has 4 aliphatic rings. The van der Waals surface area contributed by atoms with Crippen LogP contribution in [0, 0.1) is 11.6 Å². The number of carbonyl (C=O) groups excluding carboxylic acids is 4. The third-order valence-electron chi connectivity index (χ3n) is 11.0. The van der Waals surface area contributed by atoms with Crippen molar-refractivity contribution in [3.63, 3.8) is 0 Å². The maximum atomic E-state index is 13.5. The molecule has 8 rings (SSSR count). The second kappa shape index (κ2) is 21.4. The molecule has 4 aromatic carbocycles. The normalized spacial score (nSPS) is 19.5. The Balaban J connectivity index is 0.000000172. The number of amides is 1. The number of likely N-dealkylation sites (tertiary alicyclic amines) is 1. The highest BCUT2D eigenvalue weighted by atomic mass is 19.1. The molecule has 1 N–H and O–H groups in total. The molecule has 4 aromatic rings. The van der Waals surface area contributed by atoms with E-state index in [0.29, 0.717) is 32.4 Å². The van der Waals surface area contributed by atoms with Gasteiger partial charge in [-0.1, -0.05) is 84.9 Å². The number of hydrogen-bond donors (Lipinski definition) is 1. The van der Waals surface area contributed by atoms with Crippen LogP contribution in [-0.4, -0.2) is 66.3 Å². The summed E-state index contributed by atoms with van der Waals surface area (Å²) in [5, 5.41) is 3.39. The molecule has 2 aliphatic carbocycles. The van der Waals surface area contributed by atoms with Crippen molar-refractivity contribution < 1.29 is 46.9 Å². The lowest BCUT2D eigenvalue weighted by atomic mass is 9.97. The summed E-state index contributed by atoms with van der Waals surface area (Å²) in [6.07, 6.45) is 7.54. The molecule has 10 nitrogen and oxygen atoms in total. The zero-order valence-electron chi connectivity index (χ0n) is 34.7. The van der Waals surface area contributed by atoms with E-state index in [9.17, 15) is 28.0 Å². The van der Waals surface area contributed by atoms with Crippen LogP contribution in [0.15, 0.2) is 109 Å². The molecule has 61 heavy (non-hydrogen) atoms. The number of nitrogens with one attached hydrogen (secondary N) is 1. The van der Waals surface area contributed by atoms with Crippen molar-refractivity contribution in [2.75, 3.05) is 13.1 Å². The summed E-state index contributed by atoms with van der Waals surface area (Å²) in [5.41, 5.74) is 8.28. The van der Waals surface area contributed by atoms with Gasteiger partial charge in [-0.3, -0.25) is 14.4 Å². The molecule has 2 aliphatic heterocycles. The summed E-state index contributed by atoms with van der Waals surface area (Å²) < 4.78 is 47.9. The Morgan fingerprint density at radius 3 is 1.70 bits per heavy atom. The second-order valence-corrected chi connectivity index (χ2v) is 15.4. The van der Waals surface area contributed by atoms with Gasteiger partial charge < -0.3 is 29.2 Å². The van der Waals surface area contributed by atoms with Crippen LogP contribution in [0.3, 0.4) is 0 Å². The third-order valence-corrected chi connectivity index (χ3v) is 11.0. The van der Waals surface area contributed by atoms with Gasteiger partial charge in [-0.2, -0.15) is 0 Å². The van der Waals surface area contributed by atoms with Crippen molar-refractivity contribution in [3.8, 4) is 0 Å². The molecule has 12 heteroatoms. The molecule has 320 valence electrons. The smallest absolute Gasteiger partial charge is 0.410 e. The van der Waals surface area contributed by atoms with Gasteiger partial charge in [0.25, 0.3) is 0 Å². The maximum absolute atomic E-state index is 13.5. The minimum absolute atomic E-state index is 0.0575. The van der Waals surface area contributed by atoms with Gasteiger partial charge in [0.15, 0.2) is 0 Å².